The minimum atomic E-state index is -0.196. The van der Waals surface area contributed by atoms with Crippen molar-refractivity contribution in [3.8, 4) is 11.3 Å². The molecule has 0 atom stereocenters. The summed E-state index contributed by atoms with van der Waals surface area (Å²) >= 11 is 1.58. The van der Waals surface area contributed by atoms with E-state index in [1.807, 2.05) is 61.0 Å². The molecule has 2 aromatic carbocycles. The number of carbonyl (C=O) groups excluding carboxylic acids is 1. The standard InChI is InChI=1S/C20H20N2OS/c1-4-17-18(15-10-6-5-7-11-15)22(3)20(24-17)21-19(23)16-12-8-9-14(2)13-16/h5-13H,4H2,1-3H3. The Labute approximate surface area is 145 Å². The van der Waals surface area contributed by atoms with Crippen LogP contribution in [0.4, 0.5) is 0 Å². The largest absolute Gasteiger partial charge is 0.319 e. The Morgan fingerprint density at radius 3 is 2.54 bits per heavy atom. The number of aryl methyl sites for hydroxylation is 2. The van der Waals surface area contributed by atoms with E-state index >= 15 is 0 Å². The highest BCUT2D eigenvalue weighted by atomic mass is 32.1. The van der Waals surface area contributed by atoms with Gasteiger partial charge in [-0.1, -0.05) is 55.0 Å². The fraction of sp³-hybridized carbons (Fsp3) is 0.200. The third-order valence-electron chi connectivity index (χ3n) is 3.93. The summed E-state index contributed by atoms with van der Waals surface area (Å²) in [5.41, 5.74) is 3.98. The van der Waals surface area contributed by atoms with Crippen LogP contribution in [-0.2, 0) is 13.5 Å². The molecule has 3 nitrogen and oxygen atoms in total. The van der Waals surface area contributed by atoms with Crippen molar-refractivity contribution in [2.75, 3.05) is 0 Å². The fourth-order valence-corrected chi connectivity index (χ4v) is 3.80. The second-order valence-corrected chi connectivity index (χ2v) is 6.78. The van der Waals surface area contributed by atoms with Crippen LogP contribution in [-0.4, -0.2) is 10.5 Å². The van der Waals surface area contributed by atoms with E-state index in [4.69, 9.17) is 0 Å². The number of hydrogen-bond donors (Lipinski definition) is 0. The first kappa shape index (κ1) is 16.4. The quantitative estimate of drug-likeness (QED) is 0.699. The van der Waals surface area contributed by atoms with Gasteiger partial charge in [0.1, 0.15) is 0 Å². The van der Waals surface area contributed by atoms with Crippen LogP contribution in [0.25, 0.3) is 11.3 Å². The molecular weight excluding hydrogens is 316 g/mol. The summed E-state index contributed by atoms with van der Waals surface area (Å²) in [6.45, 7) is 4.11. The SMILES string of the molecule is CCc1sc(=NC(=O)c2cccc(C)c2)n(C)c1-c1ccccc1. The molecule has 0 saturated carbocycles. The molecule has 0 bridgehead atoms. The van der Waals surface area contributed by atoms with Gasteiger partial charge in [0.2, 0.25) is 0 Å². The Bertz CT molecular complexity index is 936. The highest BCUT2D eigenvalue weighted by molar-refractivity contribution is 7.09. The lowest BCUT2D eigenvalue weighted by Crippen LogP contribution is -2.14. The van der Waals surface area contributed by atoms with Crippen molar-refractivity contribution in [1.29, 1.82) is 0 Å². The van der Waals surface area contributed by atoms with Crippen LogP contribution in [0.5, 0.6) is 0 Å². The Morgan fingerprint density at radius 2 is 1.88 bits per heavy atom. The average Bonchev–Trinajstić information content (AvgIpc) is 2.91. The molecule has 4 heteroatoms. The third kappa shape index (κ3) is 3.24. The van der Waals surface area contributed by atoms with Gasteiger partial charge in [-0.05, 0) is 31.0 Å². The van der Waals surface area contributed by atoms with Crippen LogP contribution in [0.2, 0.25) is 0 Å². The molecule has 0 spiro atoms. The molecule has 122 valence electrons. The zero-order valence-corrected chi connectivity index (χ0v) is 14.9. The van der Waals surface area contributed by atoms with E-state index in [1.165, 1.54) is 4.88 Å². The van der Waals surface area contributed by atoms with E-state index in [-0.39, 0.29) is 5.91 Å². The first-order chi connectivity index (χ1) is 11.6. The molecule has 0 N–H and O–H groups in total. The van der Waals surface area contributed by atoms with Gasteiger partial charge in [0, 0.05) is 17.5 Å². The summed E-state index contributed by atoms with van der Waals surface area (Å²) in [4.78, 5) is 18.8. The molecule has 3 aromatic rings. The van der Waals surface area contributed by atoms with Crippen LogP contribution < -0.4 is 4.80 Å². The summed E-state index contributed by atoms with van der Waals surface area (Å²) in [7, 11) is 1.97. The van der Waals surface area contributed by atoms with Gasteiger partial charge in [-0.25, -0.2) is 0 Å². The van der Waals surface area contributed by atoms with Gasteiger partial charge in [-0.3, -0.25) is 4.79 Å². The molecule has 0 radical (unpaired) electrons. The number of amides is 1. The van der Waals surface area contributed by atoms with E-state index in [0.717, 1.165) is 28.0 Å². The summed E-state index contributed by atoms with van der Waals surface area (Å²) in [5, 5.41) is 0. The molecule has 0 unspecified atom stereocenters. The van der Waals surface area contributed by atoms with E-state index in [9.17, 15) is 4.79 Å². The van der Waals surface area contributed by atoms with Crippen LogP contribution in [0.1, 0.15) is 27.7 Å². The van der Waals surface area contributed by atoms with E-state index in [1.54, 1.807) is 11.3 Å². The number of benzene rings is 2. The number of nitrogens with zero attached hydrogens (tertiary/aromatic N) is 2. The Morgan fingerprint density at radius 1 is 1.12 bits per heavy atom. The van der Waals surface area contributed by atoms with Crippen molar-refractivity contribution in [1.82, 2.24) is 4.57 Å². The lowest BCUT2D eigenvalue weighted by molar-refractivity contribution is 0.0998. The van der Waals surface area contributed by atoms with Crippen molar-refractivity contribution in [3.05, 3.63) is 75.4 Å². The first-order valence-electron chi connectivity index (χ1n) is 8.00. The maximum Gasteiger partial charge on any atom is 0.279 e. The number of rotatable bonds is 3. The minimum absolute atomic E-state index is 0.196. The third-order valence-corrected chi connectivity index (χ3v) is 5.21. The second kappa shape index (κ2) is 6.97. The monoisotopic (exact) mass is 336 g/mol. The topological polar surface area (TPSA) is 34.4 Å². The predicted octanol–water partition coefficient (Wildman–Crippen LogP) is 4.37. The average molecular weight is 336 g/mol. The van der Waals surface area contributed by atoms with Crippen LogP contribution >= 0.6 is 11.3 Å². The number of carbonyl (C=O) groups is 1. The minimum Gasteiger partial charge on any atom is -0.319 e. The van der Waals surface area contributed by atoms with E-state index in [0.29, 0.717) is 5.56 Å². The van der Waals surface area contributed by atoms with Crippen molar-refractivity contribution < 1.29 is 4.79 Å². The van der Waals surface area contributed by atoms with Crippen LogP contribution in [0.3, 0.4) is 0 Å². The molecule has 1 amide bonds. The fourth-order valence-electron chi connectivity index (χ4n) is 2.73. The summed E-state index contributed by atoms with van der Waals surface area (Å²) in [5.74, 6) is -0.196. The van der Waals surface area contributed by atoms with Crippen LogP contribution in [0, 0.1) is 6.92 Å². The zero-order chi connectivity index (χ0) is 17.1. The molecular formula is C20H20N2OS. The molecule has 24 heavy (non-hydrogen) atoms. The lowest BCUT2D eigenvalue weighted by atomic mass is 10.1. The molecule has 3 rings (SSSR count). The van der Waals surface area contributed by atoms with Crippen molar-refractivity contribution >= 4 is 17.2 Å². The summed E-state index contributed by atoms with van der Waals surface area (Å²) in [6, 6.07) is 17.8. The van der Waals surface area contributed by atoms with Gasteiger partial charge in [0.15, 0.2) is 4.80 Å². The number of aromatic nitrogens is 1. The molecule has 1 heterocycles. The normalized spacial score (nSPS) is 11.7. The van der Waals surface area contributed by atoms with Gasteiger partial charge in [0.05, 0.1) is 5.69 Å². The second-order valence-electron chi connectivity index (χ2n) is 5.72. The van der Waals surface area contributed by atoms with Gasteiger partial charge >= 0.3 is 0 Å². The maximum absolute atomic E-state index is 12.5. The highest BCUT2D eigenvalue weighted by Gasteiger charge is 2.13. The van der Waals surface area contributed by atoms with Crippen molar-refractivity contribution in [2.45, 2.75) is 20.3 Å². The Balaban J connectivity index is 2.09. The van der Waals surface area contributed by atoms with Crippen molar-refractivity contribution in [2.24, 2.45) is 12.0 Å². The smallest absolute Gasteiger partial charge is 0.279 e. The lowest BCUT2D eigenvalue weighted by Gasteiger charge is -2.05. The highest BCUT2D eigenvalue weighted by Crippen LogP contribution is 2.25. The molecule has 0 aliphatic carbocycles. The van der Waals surface area contributed by atoms with Gasteiger partial charge in [-0.15, -0.1) is 11.3 Å². The predicted molar refractivity (Wildman–Crippen MR) is 99.2 cm³/mol. The van der Waals surface area contributed by atoms with Gasteiger partial charge in [-0.2, -0.15) is 4.99 Å². The Hall–Kier alpha value is -2.46. The molecule has 0 aliphatic heterocycles. The number of hydrogen-bond acceptors (Lipinski definition) is 2. The van der Waals surface area contributed by atoms with E-state index in [2.05, 4.69) is 24.0 Å². The summed E-state index contributed by atoms with van der Waals surface area (Å²) < 4.78 is 2.02. The van der Waals surface area contributed by atoms with Crippen molar-refractivity contribution in [3.63, 3.8) is 0 Å². The summed E-state index contributed by atoms with van der Waals surface area (Å²) in [6.07, 6.45) is 0.914. The van der Waals surface area contributed by atoms with Gasteiger partial charge < -0.3 is 4.57 Å². The van der Waals surface area contributed by atoms with E-state index < -0.39 is 0 Å². The maximum atomic E-state index is 12.5. The van der Waals surface area contributed by atoms with Crippen LogP contribution in [0.15, 0.2) is 59.6 Å². The molecule has 0 saturated heterocycles. The zero-order valence-electron chi connectivity index (χ0n) is 14.1. The Kier molecular flexibility index (Phi) is 4.76. The number of thiazole rings is 1. The molecule has 0 aliphatic rings. The molecule has 1 aromatic heterocycles. The first-order valence-corrected chi connectivity index (χ1v) is 8.81. The molecule has 0 fully saturated rings. The van der Waals surface area contributed by atoms with Gasteiger partial charge in [0.25, 0.3) is 5.91 Å².